The van der Waals surface area contributed by atoms with E-state index in [0.717, 1.165) is 36.6 Å². The molecule has 1 aliphatic rings. The summed E-state index contributed by atoms with van der Waals surface area (Å²) in [6, 6.07) is -0.212. The number of likely N-dealkylation sites (tertiary alicyclic amines) is 1. The average molecular weight is 294 g/mol. The first-order chi connectivity index (χ1) is 9.78. The number of hydrogen-bond donors (Lipinski definition) is 1. The lowest BCUT2D eigenvalue weighted by Crippen LogP contribution is -2.30. The zero-order chi connectivity index (χ0) is 13.9. The van der Waals surface area contributed by atoms with Crippen LogP contribution in [-0.4, -0.2) is 44.3 Å². The van der Waals surface area contributed by atoms with Crippen molar-refractivity contribution in [3.63, 3.8) is 0 Å². The molecule has 1 fully saturated rings. The normalized spacial score (nSPS) is 17.7. The maximum Gasteiger partial charge on any atom is 0.271 e. The number of nitrogens with two attached hydrogens (primary N) is 1. The Labute approximate surface area is 121 Å². The predicted molar refractivity (Wildman–Crippen MR) is 75.2 cm³/mol. The second-order valence-corrected chi connectivity index (χ2v) is 5.73. The van der Waals surface area contributed by atoms with Gasteiger partial charge in [0.2, 0.25) is 0 Å². The van der Waals surface area contributed by atoms with Gasteiger partial charge in [-0.25, -0.2) is 0 Å². The lowest BCUT2D eigenvalue weighted by Gasteiger charge is -2.17. The van der Waals surface area contributed by atoms with Crippen LogP contribution in [0.1, 0.15) is 37.3 Å². The zero-order valence-electron chi connectivity index (χ0n) is 11.4. The van der Waals surface area contributed by atoms with E-state index >= 15 is 0 Å². The Balaban J connectivity index is 1.72. The molecule has 8 heteroatoms. The van der Waals surface area contributed by atoms with E-state index in [1.807, 2.05) is 6.92 Å². The Morgan fingerprint density at radius 1 is 1.40 bits per heavy atom. The van der Waals surface area contributed by atoms with Crippen molar-refractivity contribution in [3.8, 4) is 10.8 Å². The molecule has 1 unspecified atom stereocenters. The summed E-state index contributed by atoms with van der Waals surface area (Å²) in [4.78, 5) is 7.59. The maximum absolute atomic E-state index is 6.16. The second kappa shape index (κ2) is 5.94. The molecule has 0 aliphatic carbocycles. The van der Waals surface area contributed by atoms with Crippen LogP contribution in [-0.2, 0) is 6.42 Å². The van der Waals surface area contributed by atoms with Crippen molar-refractivity contribution in [2.75, 3.05) is 19.6 Å². The molecule has 2 aromatic rings. The van der Waals surface area contributed by atoms with Crippen molar-refractivity contribution < 1.29 is 4.52 Å². The molecule has 0 aromatic carbocycles. The summed E-state index contributed by atoms with van der Waals surface area (Å²) in [5.74, 6) is 1.03. The first-order valence-corrected chi connectivity index (χ1v) is 7.68. The third-order valence-corrected chi connectivity index (χ3v) is 4.27. The Morgan fingerprint density at radius 2 is 2.20 bits per heavy atom. The highest BCUT2D eigenvalue weighted by Gasteiger charge is 2.22. The lowest BCUT2D eigenvalue weighted by atomic mass is 10.2. The minimum atomic E-state index is -0.212. The number of nitrogens with zero attached hydrogens (tertiary/aromatic N) is 5. The van der Waals surface area contributed by atoms with Gasteiger partial charge in [-0.15, -0.1) is 5.10 Å². The van der Waals surface area contributed by atoms with E-state index in [1.165, 1.54) is 24.4 Å². The third-order valence-electron chi connectivity index (χ3n) is 3.51. The van der Waals surface area contributed by atoms with Crippen LogP contribution in [0.15, 0.2) is 4.52 Å². The van der Waals surface area contributed by atoms with Crippen LogP contribution in [0.2, 0.25) is 0 Å². The molecule has 2 N–H and O–H groups in total. The van der Waals surface area contributed by atoms with Crippen LogP contribution >= 0.6 is 11.5 Å². The quantitative estimate of drug-likeness (QED) is 0.886. The number of rotatable bonds is 5. The standard InChI is InChI=1S/C12H18N6OS/c1-2-9-10(20-17-15-9)12-14-11(16-19-12)8(13)7-18-5-3-4-6-18/h8H,2-7,13H2,1H3. The van der Waals surface area contributed by atoms with Gasteiger partial charge < -0.3 is 15.2 Å². The van der Waals surface area contributed by atoms with E-state index in [0.29, 0.717) is 11.7 Å². The second-order valence-electron chi connectivity index (χ2n) is 4.97. The highest BCUT2D eigenvalue weighted by atomic mass is 32.1. The Kier molecular flexibility index (Phi) is 4.04. The molecule has 1 saturated heterocycles. The van der Waals surface area contributed by atoms with Gasteiger partial charge in [0, 0.05) is 6.54 Å². The van der Waals surface area contributed by atoms with Crippen LogP contribution in [0, 0.1) is 0 Å². The molecule has 3 heterocycles. The molecular weight excluding hydrogens is 276 g/mol. The highest BCUT2D eigenvalue weighted by molar-refractivity contribution is 7.09. The van der Waals surface area contributed by atoms with Gasteiger partial charge in [-0.3, -0.25) is 0 Å². The van der Waals surface area contributed by atoms with Crippen LogP contribution in [0.4, 0.5) is 0 Å². The fraction of sp³-hybridized carbons (Fsp3) is 0.667. The molecule has 1 atom stereocenters. The van der Waals surface area contributed by atoms with Gasteiger partial charge in [-0.05, 0) is 43.9 Å². The molecule has 0 saturated carbocycles. The maximum atomic E-state index is 6.16. The van der Waals surface area contributed by atoms with Crippen LogP contribution < -0.4 is 5.73 Å². The summed E-state index contributed by atoms with van der Waals surface area (Å²) >= 11 is 1.28. The number of aromatic nitrogens is 4. The van der Waals surface area contributed by atoms with E-state index in [-0.39, 0.29) is 6.04 Å². The fourth-order valence-corrected chi connectivity index (χ4v) is 3.08. The Bertz CT molecular complexity index is 562. The summed E-state index contributed by atoms with van der Waals surface area (Å²) < 4.78 is 9.24. The van der Waals surface area contributed by atoms with Crippen molar-refractivity contribution >= 4 is 11.5 Å². The number of hydrogen-bond acceptors (Lipinski definition) is 8. The molecule has 3 rings (SSSR count). The molecule has 108 valence electrons. The molecule has 0 spiro atoms. The fourth-order valence-electron chi connectivity index (χ4n) is 2.41. The molecular formula is C12H18N6OS. The number of aryl methyl sites for hydroxylation is 1. The topological polar surface area (TPSA) is 94.0 Å². The lowest BCUT2D eigenvalue weighted by molar-refractivity contribution is 0.306. The van der Waals surface area contributed by atoms with Crippen LogP contribution in [0.3, 0.4) is 0 Å². The van der Waals surface area contributed by atoms with Gasteiger partial charge in [0.05, 0.1) is 11.7 Å². The summed E-state index contributed by atoms with van der Waals surface area (Å²) in [6.07, 6.45) is 3.29. The van der Waals surface area contributed by atoms with E-state index in [2.05, 4.69) is 24.6 Å². The molecule has 1 aliphatic heterocycles. The van der Waals surface area contributed by atoms with Gasteiger partial charge in [0.1, 0.15) is 4.88 Å². The first kappa shape index (κ1) is 13.6. The van der Waals surface area contributed by atoms with Gasteiger partial charge in [-0.2, -0.15) is 4.98 Å². The monoisotopic (exact) mass is 294 g/mol. The van der Waals surface area contributed by atoms with Crippen molar-refractivity contribution in [1.29, 1.82) is 0 Å². The van der Waals surface area contributed by atoms with Crippen molar-refractivity contribution in [2.45, 2.75) is 32.2 Å². The summed E-state index contributed by atoms with van der Waals surface area (Å²) in [6.45, 7) is 5.02. The van der Waals surface area contributed by atoms with Crippen molar-refractivity contribution in [2.24, 2.45) is 5.73 Å². The third kappa shape index (κ3) is 2.72. The summed E-state index contributed by atoms with van der Waals surface area (Å²) in [7, 11) is 0. The summed E-state index contributed by atoms with van der Waals surface area (Å²) in [5, 5.41) is 8.05. The van der Waals surface area contributed by atoms with Gasteiger partial charge in [0.15, 0.2) is 5.82 Å². The van der Waals surface area contributed by atoms with E-state index in [1.54, 1.807) is 0 Å². The largest absolute Gasteiger partial charge is 0.333 e. The van der Waals surface area contributed by atoms with Gasteiger partial charge in [0.25, 0.3) is 5.89 Å². The molecule has 0 bridgehead atoms. The van der Waals surface area contributed by atoms with Gasteiger partial charge in [-0.1, -0.05) is 16.6 Å². The smallest absolute Gasteiger partial charge is 0.271 e. The van der Waals surface area contributed by atoms with Crippen molar-refractivity contribution in [1.82, 2.24) is 24.6 Å². The van der Waals surface area contributed by atoms with Crippen molar-refractivity contribution in [3.05, 3.63) is 11.5 Å². The molecule has 0 amide bonds. The molecule has 20 heavy (non-hydrogen) atoms. The minimum absolute atomic E-state index is 0.212. The SMILES string of the molecule is CCc1nnsc1-c1nc(C(N)CN2CCCC2)no1. The van der Waals surface area contributed by atoms with Gasteiger partial charge >= 0.3 is 0 Å². The minimum Gasteiger partial charge on any atom is -0.333 e. The Morgan fingerprint density at radius 3 is 2.95 bits per heavy atom. The molecule has 2 aromatic heterocycles. The van der Waals surface area contributed by atoms with Crippen LogP contribution in [0.25, 0.3) is 10.8 Å². The zero-order valence-corrected chi connectivity index (χ0v) is 12.3. The Hall–Kier alpha value is -1.38. The average Bonchev–Trinajstić information content (AvgIpc) is 3.19. The molecule has 0 radical (unpaired) electrons. The first-order valence-electron chi connectivity index (χ1n) is 6.91. The van der Waals surface area contributed by atoms with E-state index < -0.39 is 0 Å². The van der Waals surface area contributed by atoms with Crippen LogP contribution in [0.5, 0.6) is 0 Å². The highest BCUT2D eigenvalue weighted by Crippen LogP contribution is 2.25. The van der Waals surface area contributed by atoms with E-state index in [9.17, 15) is 0 Å². The van der Waals surface area contributed by atoms with E-state index in [4.69, 9.17) is 10.3 Å². The predicted octanol–water partition coefficient (Wildman–Crippen LogP) is 1.25. The molecule has 7 nitrogen and oxygen atoms in total. The summed E-state index contributed by atoms with van der Waals surface area (Å²) in [5.41, 5.74) is 7.04.